The summed E-state index contributed by atoms with van der Waals surface area (Å²) in [7, 11) is 0. The van der Waals surface area contributed by atoms with Crippen LogP contribution in [0.4, 0.5) is 0 Å². The minimum absolute atomic E-state index is 0.162. The fraction of sp³-hybridized carbons (Fsp3) is 0.500. The normalized spacial score (nSPS) is 31.4. The fourth-order valence-corrected chi connectivity index (χ4v) is 6.41. The van der Waals surface area contributed by atoms with Crippen LogP contribution in [-0.2, 0) is 16.0 Å². The summed E-state index contributed by atoms with van der Waals surface area (Å²) in [5.41, 5.74) is 1.69. The summed E-state index contributed by atoms with van der Waals surface area (Å²) >= 11 is 0. The van der Waals surface area contributed by atoms with Crippen molar-refractivity contribution >= 4 is 11.9 Å². The summed E-state index contributed by atoms with van der Waals surface area (Å²) in [5.74, 6) is -0.551. The van der Waals surface area contributed by atoms with Crippen LogP contribution in [0.5, 0.6) is 0 Å². The molecule has 4 rings (SSSR count). The standard InChI is InChI=1S/C28H34O5/c1-19-15-23(25(29)30)28(3)13-10-22(18-33-26(31)21-7-5-4-6-8-21)27(2,24(28)16-19)12-9-20-11-14-32-17-20/h4-8,11,14-15,17,19,22,24H,9-10,12-13,16,18H2,1-3H3,(H,29,30)/t19-,22-,24+,27-,28-/m0/s1. The average Bonchev–Trinajstić information content (AvgIpc) is 3.32. The Hall–Kier alpha value is -2.82. The monoisotopic (exact) mass is 450 g/mol. The number of ether oxygens (including phenoxy) is 1. The van der Waals surface area contributed by atoms with E-state index >= 15 is 0 Å². The Kier molecular flexibility index (Phi) is 6.51. The van der Waals surface area contributed by atoms with Gasteiger partial charge in [0.1, 0.15) is 0 Å². The van der Waals surface area contributed by atoms with Crippen LogP contribution < -0.4 is 0 Å². The molecule has 5 heteroatoms. The number of aryl methyl sites for hydroxylation is 1. The SMILES string of the molecule is C[C@H]1C=C(C(=O)O)[C@]2(C)CC[C@@H](COC(=O)c3ccccc3)[C@](C)(CCc3ccoc3)[C@H]2C1. The summed E-state index contributed by atoms with van der Waals surface area (Å²) in [6.07, 6.45) is 9.73. The van der Waals surface area contributed by atoms with E-state index in [1.165, 1.54) is 0 Å². The summed E-state index contributed by atoms with van der Waals surface area (Å²) in [6.45, 7) is 6.88. The number of furan rings is 1. The molecule has 5 atom stereocenters. The second-order valence-electron chi connectivity index (χ2n) is 10.4. The molecule has 1 aromatic carbocycles. The lowest BCUT2D eigenvalue weighted by Gasteiger charge is -2.58. The number of hydrogen-bond acceptors (Lipinski definition) is 4. The van der Waals surface area contributed by atoms with Crippen molar-refractivity contribution in [2.75, 3.05) is 6.61 Å². The van der Waals surface area contributed by atoms with Gasteiger partial charge in [0.25, 0.3) is 0 Å². The molecule has 0 aliphatic heterocycles. The zero-order valence-corrected chi connectivity index (χ0v) is 19.8. The molecular formula is C28H34O5. The smallest absolute Gasteiger partial charge is 0.338 e. The molecule has 1 heterocycles. The molecule has 0 spiro atoms. The Morgan fingerprint density at radius 3 is 2.61 bits per heavy atom. The van der Waals surface area contributed by atoms with E-state index in [-0.39, 0.29) is 34.6 Å². The number of esters is 1. The molecule has 5 nitrogen and oxygen atoms in total. The van der Waals surface area contributed by atoms with Gasteiger partial charge in [-0.3, -0.25) is 0 Å². The molecule has 2 aliphatic carbocycles. The molecule has 1 N–H and O–H groups in total. The largest absolute Gasteiger partial charge is 0.478 e. The Bertz CT molecular complexity index is 1010. The van der Waals surface area contributed by atoms with Crippen molar-refractivity contribution in [2.45, 2.75) is 52.9 Å². The summed E-state index contributed by atoms with van der Waals surface area (Å²) in [5, 5.41) is 10.0. The molecule has 33 heavy (non-hydrogen) atoms. The van der Waals surface area contributed by atoms with Crippen LogP contribution in [0, 0.1) is 28.6 Å². The number of benzene rings is 1. The van der Waals surface area contributed by atoms with Gasteiger partial charge in [0.15, 0.2) is 0 Å². The van der Waals surface area contributed by atoms with Crippen molar-refractivity contribution in [3.63, 3.8) is 0 Å². The zero-order valence-electron chi connectivity index (χ0n) is 19.8. The fourth-order valence-electron chi connectivity index (χ4n) is 6.41. The molecule has 0 radical (unpaired) electrons. The first-order valence-corrected chi connectivity index (χ1v) is 11.9. The highest BCUT2D eigenvalue weighted by Crippen LogP contribution is 2.62. The molecule has 0 bridgehead atoms. The molecule has 1 aromatic heterocycles. The number of hydrogen-bond donors (Lipinski definition) is 1. The van der Waals surface area contributed by atoms with E-state index in [1.54, 1.807) is 24.7 Å². The molecular weight excluding hydrogens is 416 g/mol. The third kappa shape index (κ3) is 4.50. The number of allylic oxidation sites excluding steroid dienone is 1. The van der Waals surface area contributed by atoms with Gasteiger partial charge in [-0.2, -0.15) is 0 Å². The van der Waals surface area contributed by atoms with Crippen LogP contribution in [0.25, 0.3) is 0 Å². The molecule has 0 saturated heterocycles. The second-order valence-corrected chi connectivity index (χ2v) is 10.4. The summed E-state index contributed by atoms with van der Waals surface area (Å²) in [6, 6.07) is 11.1. The highest BCUT2D eigenvalue weighted by Gasteiger charge is 2.57. The quantitative estimate of drug-likeness (QED) is 0.511. The highest BCUT2D eigenvalue weighted by atomic mass is 16.5. The predicted molar refractivity (Wildman–Crippen MR) is 126 cm³/mol. The lowest BCUT2D eigenvalue weighted by molar-refractivity contribution is -0.138. The van der Waals surface area contributed by atoms with Crippen LogP contribution in [-0.4, -0.2) is 23.7 Å². The first-order chi connectivity index (χ1) is 15.7. The van der Waals surface area contributed by atoms with Gasteiger partial charge in [0.05, 0.1) is 24.7 Å². The molecule has 0 amide bonds. The Balaban J connectivity index is 1.61. The number of carboxylic acids is 1. The number of carbonyl (C=O) groups excluding carboxylic acids is 1. The van der Waals surface area contributed by atoms with Crippen molar-refractivity contribution in [1.82, 2.24) is 0 Å². The maximum atomic E-state index is 12.7. The van der Waals surface area contributed by atoms with E-state index in [1.807, 2.05) is 30.3 Å². The van der Waals surface area contributed by atoms with Gasteiger partial charge in [-0.05, 0) is 79.0 Å². The first kappa shape index (κ1) is 23.3. The van der Waals surface area contributed by atoms with E-state index in [4.69, 9.17) is 9.15 Å². The van der Waals surface area contributed by atoms with E-state index < -0.39 is 5.97 Å². The van der Waals surface area contributed by atoms with E-state index in [0.29, 0.717) is 17.7 Å². The number of fused-ring (bicyclic) bond motifs is 1. The molecule has 2 aromatic rings. The van der Waals surface area contributed by atoms with Gasteiger partial charge < -0.3 is 14.3 Å². The van der Waals surface area contributed by atoms with E-state index in [2.05, 4.69) is 20.8 Å². The molecule has 1 saturated carbocycles. The van der Waals surface area contributed by atoms with Gasteiger partial charge >= 0.3 is 11.9 Å². The number of aliphatic carboxylic acids is 1. The number of rotatable bonds is 7. The first-order valence-electron chi connectivity index (χ1n) is 11.9. The Morgan fingerprint density at radius 1 is 1.18 bits per heavy atom. The molecule has 2 aliphatic rings. The van der Waals surface area contributed by atoms with Crippen LogP contribution in [0.15, 0.2) is 65.0 Å². The maximum absolute atomic E-state index is 12.7. The van der Waals surface area contributed by atoms with Gasteiger partial charge in [-0.1, -0.05) is 45.0 Å². The van der Waals surface area contributed by atoms with Crippen molar-refractivity contribution in [2.24, 2.45) is 28.6 Å². The Labute approximate surface area is 195 Å². The van der Waals surface area contributed by atoms with Crippen molar-refractivity contribution in [3.8, 4) is 0 Å². The third-order valence-electron chi connectivity index (χ3n) is 8.37. The second kappa shape index (κ2) is 9.20. The molecule has 0 unspecified atom stereocenters. The van der Waals surface area contributed by atoms with Crippen molar-refractivity contribution in [3.05, 3.63) is 71.7 Å². The molecule has 176 valence electrons. The maximum Gasteiger partial charge on any atom is 0.338 e. The number of carboxylic acid groups (broad SMARTS) is 1. The number of carbonyl (C=O) groups is 2. The minimum atomic E-state index is -0.805. The zero-order chi connectivity index (χ0) is 23.6. The Morgan fingerprint density at radius 2 is 1.94 bits per heavy atom. The summed E-state index contributed by atoms with van der Waals surface area (Å²) < 4.78 is 11.1. The van der Waals surface area contributed by atoms with E-state index in [0.717, 1.165) is 37.7 Å². The van der Waals surface area contributed by atoms with Gasteiger partial charge in [-0.15, -0.1) is 0 Å². The van der Waals surface area contributed by atoms with Crippen molar-refractivity contribution in [1.29, 1.82) is 0 Å². The van der Waals surface area contributed by atoms with Crippen LogP contribution in [0.3, 0.4) is 0 Å². The minimum Gasteiger partial charge on any atom is -0.478 e. The molecule has 1 fully saturated rings. The van der Waals surface area contributed by atoms with Crippen molar-refractivity contribution < 1.29 is 23.8 Å². The topological polar surface area (TPSA) is 76.7 Å². The summed E-state index contributed by atoms with van der Waals surface area (Å²) in [4.78, 5) is 24.9. The predicted octanol–water partition coefficient (Wildman–Crippen LogP) is 6.16. The van der Waals surface area contributed by atoms with E-state index in [9.17, 15) is 14.7 Å². The van der Waals surface area contributed by atoms with Gasteiger partial charge in [0.2, 0.25) is 0 Å². The van der Waals surface area contributed by atoms with Gasteiger partial charge in [0, 0.05) is 11.0 Å². The van der Waals surface area contributed by atoms with Crippen LogP contribution >= 0.6 is 0 Å². The lowest BCUT2D eigenvalue weighted by atomic mass is 9.45. The lowest BCUT2D eigenvalue weighted by Crippen LogP contribution is -2.53. The third-order valence-corrected chi connectivity index (χ3v) is 8.37. The van der Waals surface area contributed by atoms with Gasteiger partial charge in [-0.25, -0.2) is 9.59 Å². The van der Waals surface area contributed by atoms with Crippen LogP contribution in [0.1, 0.15) is 62.4 Å². The highest BCUT2D eigenvalue weighted by molar-refractivity contribution is 5.89. The average molecular weight is 451 g/mol. The van der Waals surface area contributed by atoms with Crippen LogP contribution in [0.2, 0.25) is 0 Å².